The Morgan fingerprint density at radius 2 is 2.06 bits per heavy atom. The van der Waals surface area contributed by atoms with Crippen LogP contribution < -0.4 is 0 Å². The van der Waals surface area contributed by atoms with Crippen molar-refractivity contribution in [1.29, 1.82) is 0 Å². The minimum atomic E-state index is 0.478. The van der Waals surface area contributed by atoms with Crippen LogP contribution in [0.1, 0.15) is 16.8 Å². The highest BCUT2D eigenvalue weighted by molar-refractivity contribution is 6.31. The van der Waals surface area contributed by atoms with Gasteiger partial charge >= 0.3 is 0 Å². The fourth-order valence-electron chi connectivity index (χ4n) is 1.64. The number of aromatic nitrogens is 2. The zero-order valence-electron chi connectivity index (χ0n) is 9.17. The lowest BCUT2D eigenvalue weighted by atomic mass is 10.2. The van der Waals surface area contributed by atoms with E-state index in [0.717, 1.165) is 27.5 Å². The zero-order chi connectivity index (χ0) is 11.7. The van der Waals surface area contributed by atoms with Gasteiger partial charge in [-0.3, -0.25) is 0 Å². The molecule has 2 rings (SSSR count). The molecule has 4 heteroatoms. The summed E-state index contributed by atoms with van der Waals surface area (Å²) in [7, 11) is 0. The lowest BCUT2D eigenvalue weighted by Crippen LogP contribution is -2.01. The molecule has 1 aromatic heterocycles. The smallest absolute Gasteiger partial charge is 0.0692 e. The first-order chi connectivity index (χ1) is 7.65. The van der Waals surface area contributed by atoms with Gasteiger partial charge in [-0.25, -0.2) is 4.68 Å². The molecule has 2 nitrogen and oxygen atoms in total. The van der Waals surface area contributed by atoms with E-state index in [1.54, 1.807) is 6.20 Å². The summed E-state index contributed by atoms with van der Waals surface area (Å²) in [6.07, 6.45) is 1.79. The van der Waals surface area contributed by atoms with Crippen molar-refractivity contribution >= 4 is 23.2 Å². The molecular weight excluding hydrogens is 243 g/mol. The van der Waals surface area contributed by atoms with Crippen molar-refractivity contribution < 1.29 is 0 Å². The molecule has 0 bridgehead atoms. The molecule has 0 atom stereocenters. The molecule has 1 aromatic carbocycles. The SMILES string of the molecule is Cc1c(Cl)cccc1-n1ncc(CCl)c1C. The summed E-state index contributed by atoms with van der Waals surface area (Å²) in [4.78, 5) is 0. The number of alkyl halides is 1. The van der Waals surface area contributed by atoms with Gasteiger partial charge in [-0.15, -0.1) is 11.6 Å². The van der Waals surface area contributed by atoms with Gasteiger partial charge < -0.3 is 0 Å². The van der Waals surface area contributed by atoms with Gasteiger partial charge in [0.2, 0.25) is 0 Å². The van der Waals surface area contributed by atoms with Crippen molar-refractivity contribution in [3.05, 3.63) is 46.2 Å². The first-order valence-electron chi connectivity index (χ1n) is 5.00. The second-order valence-electron chi connectivity index (χ2n) is 3.68. The fraction of sp³-hybridized carbons (Fsp3) is 0.250. The van der Waals surface area contributed by atoms with E-state index in [2.05, 4.69) is 5.10 Å². The Bertz CT molecular complexity index is 518. The predicted molar refractivity (Wildman–Crippen MR) is 67.6 cm³/mol. The predicted octanol–water partition coefficient (Wildman–Crippen LogP) is 3.88. The van der Waals surface area contributed by atoms with Crippen molar-refractivity contribution in [1.82, 2.24) is 9.78 Å². The number of hydrogen-bond donors (Lipinski definition) is 0. The summed E-state index contributed by atoms with van der Waals surface area (Å²) in [5.74, 6) is 0.478. The Kier molecular flexibility index (Phi) is 3.22. The summed E-state index contributed by atoms with van der Waals surface area (Å²) < 4.78 is 1.87. The summed E-state index contributed by atoms with van der Waals surface area (Å²) in [6, 6.07) is 5.80. The van der Waals surface area contributed by atoms with Gasteiger partial charge in [-0.2, -0.15) is 5.10 Å². The average molecular weight is 255 g/mol. The number of nitrogens with zero attached hydrogens (tertiary/aromatic N) is 2. The Morgan fingerprint density at radius 3 is 2.69 bits per heavy atom. The largest absolute Gasteiger partial charge is 0.237 e. The van der Waals surface area contributed by atoms with Crippen LogP contribution in [0.5, 0.6) is 0 Å². The topological polar surface area (TPSA) is 17.8 Å². The summed E-state index contributed by atoms with van der Waals surface area (Å²) in [5, 5.41) is 5.08. The monoisotopic (exact) mass is 254 g/mol. The van der Waals surface area contributed by atoms with Gasteiger partial charge in [0.05, 0.1) is 17.8 Å². The standard InChI is InChI=1S/C12H12Cl2N2/c1-8-11(14)4-3-5-12(8)16-9(2)10(6-13)7-15-16/h3-5,7H,6H2,1-2H3. The molecule has 0 fully saturated rings. The molecule has 0 saturated heterocycles. The van der Waals surface area contributed by atoms with Gasteiger partial charge in [0.15, 0.2) is 0 Å². The zero-order valence-corrected chi connectivity index (χ0v) is 10.7. The third-order valence-corrected chi connectivity index (χ3v) is 3.42. The Hall–Kier alpha value is -0.990. The van der Waals surface area contributed by atoms with Crippen molar-refractivity contribution in [3.63, 3.8) is 0 Å². The molecule has 0 radical (unpaired) electrons. The molecular formula is C12H12Cl2N2. The molecule has 0 unspecified atom stereocenters. The van der Waals surface area contributed by atoms with Crippen molar-refractivity contribution in [2.24, 2.45) is 0 Å². The molecule has 0 N–H and O–H groups in total. The first-order valence-corrected chi connectivity index (χ1v) is 5.91. The van der Waals surface area contributed by atoms with Crippen LogP contribution in [0.3, 0.4) is 0 Å². The normalized spacial score (nSPS) is 10.8. The molecule has 0 spiro atoms. The molecule has 0 aliphatic heterocycles. The van der Waals surface area contributed by atoms with Crippen molar-refractivity contribution in [2.45, 2.75) is 19.7 Å². The Labute approximate surface area is 105 Å². The second-order valence-corrected chi connectivity index (χ2v) is 4.36. The second kappa shape index (κ2) is 4.48. The Morgan fingerprint density at radius 1 is 1.31 bits per heavy atom. The van der Waals surface area contributed by atoms with Crippen LogP contribution in [0.2, 0.25) is 5.02 Å². The van der Waals surface area contributed by atoms with Crippen LogP contribution in [0.4, 0.5) is 0 Å². The van der Waals surface area contributed by atoms with Crippen LogP contribution in [-0.4, -0.2) is 9.78 Å². The molecule has 0 saturated carbocycles. The lowest BCUT2D eigenvalue weighted by Gasteiger charge is -2.09. The Balaban J connectivity index is 2.59. The highest BCUT2D eigenvalue weighted by Crippen LogP contribution is 2.24. The van der Waals surface area contributed by atoms with E-state index in [9.17, 15) is 0 Å². The van der Waals surface area contributed by atoms with Gasteiger partial charge in [0.25, 0.3) is 0 Å². The molecule has 0 aliphatic rings. The van der Waals surface area contributed by atoms with Crippen LogP contribution >= 0.6 is 23.2 Å². The van der Waals surface area contributed by atoms with E-state index < -0.39 is 0 Å². The van der Waals surface area contributed by atoms with Crippen LogP contribution in [0.25, 0.3) is 5.69 Å². The summed E-state index contributed by atoms with van der Waals surface area (Å²) >= 11 is 11.9. The first kappa shape index (κ1) is 11.5. The minimum absolute atomic E-state index is 0.478. The minimum Gasteiger partial charge on any atom is -0.237 e. The number of rotatable bonds is 2. The fourth-order valence-corrected chi connectivity index (χ4v) is 2.08. The maximum atomic E-state index is 6.09. The van der Waals surface area contributed by atoms with Crippen LogP contribution in [-0.2, 0) is 5.88 Å². The van der Waals surface area contributed by atoms with Crippen molar-refractivity contribution in [2.75, 3.05) is 0 Å². The molecule has 0 aliphatic carbocycles. The highest BCUT2D eigenvalue weighted by atomic mass is 35.5. The maximum Gasteiger partial charge on any atom is 0.0692 e. The average Bonchev–Trinajstić information content (AvgIpc) is 2.64. The van der Waals surface area contributed by atoms with E-state index in [1.807, 2.05) is 36.7 Å². The number of benzene rings is 1. The summed E-state index contributed by atoms with van der Waals surface area (Å²) in [5.41, 5.74) is 4.12. The van der Waals surface area contributed by atoms with E-state index in [1.165, 1.54) is 0 Å². The molecule has 0 amide bonds. The number of halogens is 2. The summed E-state index contributed by atoms with van der Waals surface area (Å²) in [6.45, 7) is 3.99. The van der Waals surface area contributed by atoms with E-state index in [-0.39, 0.29) is 0 Å². The van der Waals surface area contributed by atoms with Gasteiger partial charge in [0, 0.05) is 16.3 Å². The van der Waals surface area contributed by atoms with Crippen molar-refractivity contribution in [3.8, 4) is 5.69 Å². The maximum absolute atomic E-state index is 6.09. The third-order valence-electron chi connectivity index (χ3n) is 2.72. The highest BCUT2D eigenvalue weighted by Gasteiger charge is 2.10. The lowest BCUT2D eigenvalue weighted by molar-refractivity contribution is 0.839. The number of hydrogen-bond acceptors (Lipinski definition) is 1. The van der Waals surface area contributed by atoms with Gasteiger partial charge in [-0.05, 0) is 31.5 Å². The van der Waals surface area contributed by atoms with E-state index >= 15 is 0 Å². The van der Waals surface area contributed by atoms with Crippen LogP contribution in [0, 0.1) is 13.8 Å². The van der Waals surface area contributed by atoms with Gasteiger partial charge in [-0.1, -0.05) is 17.7 Å². The van der Waals surface area contributed by atoms with Gasteiger partial charge in [0.1, 0.15) is 0 Å². The molecule has 84 valence electrons. The van der Waals surface area contributed by atoms with E-state index in [0.29, 0.717) is 5.88 Å². The third kappa shape index (κ3) is 1.83. The van der Waals surface area contributed by atoms with E-state index in [4.69, 9.17) is 23.2 Å². The quantitative estimate of drug-likeness (QED) is 0.744. The molecule has 2 aromatic rings. The molecule has 1 heterocycles. The van der Waals surface area contributed by atoms with Crippen LogP contribution in [0.15, 0.2) is 24.4 Å². The molecule has 16 heavy (non-hydrogen) atoms.